The predicted molar refractivity (Wildman–Crippen MR) is 67.3 cm³/mol. The first-order chi connectivity index (χ1) is 7.86. The summed E-state index contributed by atoms with van der Waals surface area (Å²) in [7, 11) is 0. The molecule has 0 saturated heterocycles. The highest BCUT2D eigenvalue weighted by Gasteiger charge is 2.17. The lowest BCUT2D eigenvalue weighted by Crippen LogP contribution is -2.24. The quantitative estimate of drug-likeness (QED) is 0.865. The number of furan rings is 1. The van der Waals surface area contributed by atoms with Gasteiger partial charge in [0.2, 0.25) is 0 Å². The zero-order chi connectivity index (χ0) is 11.0. The molecule has 1 aliphatic heterocycles. The molecular weight excluding hydrogens is 266 g/mol. The van der Waals surface area contributed by atoms with Gasteiger partial charge in [-0.05, 0) is 48.4 Å². The van der Waals surface area contributed by atoms with Gasteiger partial charge in [0.25, 0.3) is 0 Å². The summed E-state index contributed by atoms with van der Waals surface area (Å²) in [4.78, 5) is 0. The largest absolute Gasteiger partial charge is 0.464 e. The fourth-order valence-corrected chi connectivity index (χ4v) is 2.80. The van der Waals surface area contributed by atoms with E-state index in [1.165, 1.54) is 21.2 Å². The van der Waals surface area contributed by atoms with Crippen LogP contribution in [0.1, 0.15) is 11.1 Å². The summed E-state index contributed by atoms with van der Waals surface area (Å²) >= 11 is 3.62. The fraction of sp³-hybridized carbons (Fsp3) is 0.231. The number of rotatable bonds is 1. The summed E-state index contributed by atoms with van der Waals surface area (Å²) in [6.07, 6.45) is 2.80. The number of benzene rings is 1. The molecule has 0 atom stereocenters. The van der Waals surface area contributed by atoms with Crippen molar-refractivity contribution in [2.24, 2.45) is 0 Å². The van der Waals surface area contributed by atoms with Crippen molar-refractivity contribution in [3.8, 4) is 11.3 Å². The number of hydrogen-bond donors (Lipinski definition) is 1. The van der Waals surface area contributed by atoms with E-state index in [9.17, 15) is 0 Å². The number of halogens is 1. The molecule has 0 unspecified atom stereocenters. The monoisotopic (exact) mass is 277 g/mol. The second-order valence-electron chi connectivity index (χ2n) is 3.96. The van der Waals surface area contributed by atoms with Gasteiger partial charge in [-0.2, -0.15) is 0 Å². The minimum Gasteiger partial charge on any atom is -0.464 e. The normalized spacial score (nSPS) is 14.8. The number of hydrogen-bond acceptors (Lipinski definition) is 2. The van der Waals surface area contributed by atoms with Gasteiger partial charge in [-0.3, -0.25) is 0 Å². The molecule has 2 nitrogen and oxygen atoms in total. The molecule has 16 heavy (non-hydrogen) atoms. The van der Waals surface area contributed by atoms with E-state index in [1.807, 2.05) is 12.1 Å². The maximum Gasteiger partial charge on any atom is 0.134 e. The van der Waals surface area contributed by atoms with Crippen molar-refractivity contribution in [3.05, 3.63) is 46.1 Å². The zero-order valence-electron chi connectivity index (χ0n) is 8.79. The minimum absolute atomic E-state index is 0.921. The number of fused-ring (bicyclic) bond motifs is 1. The van der Waals surface area contributed by atoms with Crippen LogP contribution < -0.4 is 5.32 Å². The third-order valence-electron chi connectivity index (χ3n) is 3.01. The molecule has 0 radical (unpaired) electrons. The lowest BCUT2D eigenvalue weighted by atomic mass is 9.95. The van der Waals surface area contributed by atoms with Crippen molar-refractivity contribution >= 4 is 15.9 Å². The highest BCUT2D eigenvalue weighted by molar-refractivity contribution is 9.10. The Morgan fingerprint density at radius 2 is 2.12 bits per heavy atom. The Morgan fingerprint density at radius 3 is 2.94 bits per heavy atom. The lowest BCUT2D eigenvalue weighted by Gasteiger charge is -2.21. The van der Waals surface area contributed by atoms with E-state index in [1.54, 1.807) is 6.26 Å². The summed E-state index contributed by atoms with van der Waals surface area (Å²) in [5.41, 5.74) is 3.97. The molecule has 1 N–H and O–H groups in total. The smallest absolute Gasteiger partial charge is 0.134 e. The van der Waals surface area contributed by atoms with Gasteiger partial charge in [0.15, 0.2) is 0 Å². The molecule has 0 fully saturated rings. The average Bonchev–Trinajstić information content (AvgIpc) is 2.83. The molecule has 1 aromatic heterocycles. The highest BCUT2D eigenvalue weighted by Crippen LogP contribution is 2.32. The highest BCUT2D eigenvalue weighted by atomic mass is 79.9. The Hall–Kier alpha value is -1.06. The standard InChI is InChI=1S/C13H12BrNO/c14-12-4-3-10(13-2-1-7-16-13)11-8-15-6-5-9(11)12/h1-4,7,15H,5-6,8H2. The Labute approximate surface area is 103 Å². The third kappa shape index (κ3) is 1.60. The van der Waals surface area contributed by atoms with Gasteiger partial charge in [0, 0.05) is 16.6 Å². The van der Waals surface area contributed by atoms with Crippen molar-refractivity contribution in [2.75, 3.05) is 6.54 Å². The van der Waals surface area contributed by atoms with Crippen LogP contribution in [0.15, 0.2) is 39.4 Å². The van der Waals surface area contributed by atoms with E-state index in [-0.39, 0.29) is 0 Å². The summed E-state index contributed by atoms with van der Waals surface area (Å²) in [5.74, 6) is 0.951. The van der Waals surface area contributed by atoms with E-state index < -0.39 is 0 Å². The topological polar surface area (TPSA) is 25.2 Å². The Morgan fingerprint density at radius 1 is 1.19 bits per heavy atom. The lowest BCUT2D eigenvalue weighted by molar-refractivity contribution is 0.578. The van der Waals surface area contributed by atoms with E-state index in [4.69, 9.17) is 4.42 Å². The van der Waals surface area contributed by atoms with Gasteiger partial charge in [0.05, 0.1) is 6.26 Å². The fourth-order valence-electron chi connectivity index (χ4n) is 2.23. The van der Waals surface area contributed by atoms with Crippen molar-refractivity contribution < 1.29 is 4.42 Å². The van der Waals surface area contributed by atoms with Crippen molar-refractivity contribution in [1.29, 1.82) is 0 Å². The van der Waals surface area contributed by atoms with Crippen molar-refractivity contribution in [2.45, 2.75) is 13.0 Å². The molecule has 0 bridgehead atoms. The molecule has 3 rings (SSSR count). The Kier molecular flexibility index (Phi) is 2.58. The summed E-state index contributed by atoms with van der Waals surface area (Å²) < 4.78 is 6.69. The van der Waals surface area contributed by atoms with Crippen LogP contribution in [-0.2, 0) is 13.0 Å². The molecule has 0 aliphatic carbocycles. The van der Waals surface area contributed by atoms with Gasteiger partial charge >= 0.3 is 0 Å². The van der Waals surface area contributed by atoms with Gasteiger partial charge in [-0.1, -0.05) is 15.9 Å². The molecular formula is C13H12BrNO. The van der Waals surface area contributed by atoms with Crippen LogP contribution in [0.3, 0.4) is 0 Å². The van der Waals surface area contributed by atoms with Gasteiger partial charge in [-0.25, -0.2) is 0 Å². The second kappa shape index (κ2) is 4.07. The minimum atomic E-state index is 0.921. The van der Waals surface area contributed by atoms with Gasteiger partial charge < -0.3 is 9.73 Å². The maximum atomic E-state index is 5.48. The van der Waals surface area contributed by atoms with Crippen LogP contribution in [-0.4, -0.2) is 6.54 Å². The molecule has 1 aromatic carbocycles. The summed E-state index contributed by atoms with van der Waals surface area (Å²) in [6.45, 7) is 1.97. The van der Waals surface area contributed by atoms with E-state index >= 15 is 0 Å². The third-order valence-corrected chi connectivity index (χ3v) is 3.76. The van der Waals surface area contributed by atoms with E-state index in [0.29, 0.717) is 0 Å². The molecule has 1 aliphatic rings. The molecule has 0 saturated carbocycles. The Balaban J connectivity index is 2.19. The Bertz CT molecular complexity index is 505. The molecule has 0 spiro atoms. The molecule has 82 valence electrons. The predicted octanol–water partition coefficient (Wildman–Crippen LogP) is 3.35. The van der Waals surface area contributed by atoms with Crippen molar-refractivity contribution in [1.82, 2.24) is 5.32 Å². The van der Waals surface area contributed by atoms with Crippen LogP contribution in [0.4, 0.5) is 0 Å². The van der Waals surface area contributed by atoms with Gasteiger partial charge in [-0.15, -0.1) is 0 Å². The van der Waals surface area contributed by atoms with Crippen LogP contribution in [0, 0.1) is 0 Å². The molecule has 0 amide bonds. The van der Waals surface area contributed by atoms with Crippen LogP contribution in [0.5, 0.6) is 0 Å². The first-order valence-corrected chi connectivity index (χ1v) is 6.20. The van der Waals surface area contributed by atoms with Crippen LogP contribution in [0.2, 0.25) is 0 Å². The van der Waals surface area contributed by atoms with Crippen LogP contribution in [0.25, 0.3) is 11.3 Å². The maximum absolute atomic E-state index is 5.48. The summed E-state index contributed by atoms with van der Waals surface area (Å²) in [6, 6.07) is 8.18. The second-order valence-corrected chi connectivity index (χ2v) is 4.81. The molecule has 3 heteroatoms. The van der Waals surface area contributed by atoms with E-state index in [0.717, 1.165) is 25.3 Å². The summed E-state index contributed by atoms with van der Waals surface area (Å²) in [5, 5.41) is 3.41. The zero-order valence-corrected chi connectivity index (χ0v) is 10.4. The first-order valence-electron chi connectivity index (χ1n) is 5.41. The molecule has 2 heterocycles. The average molecular weight is 278 g/mol. The van der Waals surface area contributed by atoms with E-state index in [2.05, 4.69) is 33.4 Å². The SMILES string of the molecule is Brc1ccc(-c2ccco2)c2c1CCNC2. The van der Waals surface area contributed by atoms with Crippen LogP contribution >= 0.6 is 15.9 Å². The molecule has 2 aromatic rings. The van der Waals surface area contributed by atoms with Gasteiger partial charge in [0.1, 0.15) is 5.76 Å². The first kappa shape index (κ1) is 10.1. The van der Waals surface area contributed by atoms with Crippen molar-refractivity contribution in [3.63, 3.8) is 0 Å². The number of nitrogens with one attached hydrogen (secondary N) is 1.